The van der Waals surface area contributed by atoms with Crippen molar-refractivity contribution in [3.05, 3.63) is 29.8 Å². The Morgan fingerprint density at radius 1 is 1.24 bits per heavy atom. The van der Waals surface area contributed by atoms with Crippen LogP contribution in [0.5, 0.6) is 0 Å². The molecule has 0 radical (unpaired) electrons. The zero-order chi connectivity index (χ0) is 12.3. The van der Waals surface area contributed by atoms with E-state index in [0.717, 1.165) is 6.42 Å². The maximum Gasteiger partial charge on any atom is 0.0374 e. The van der Waals surface area contributed by atoms with E-state index in [-0.39, 0.29) is 0 Å². The molecule has 17 heavy (non-hydrogen) atoms. The van der Waals surface area contributed by atoms with Crippen LogP contribution in [0.2, 0.25) is 0 Å². The molecule has 94 valence electrons. The maximum absolute atomic E-state index is 3.79. The first-order chi connectivity index (χ1) is 8.13. The Balaban J connectivity index is 2.14. The first kappa shape index (κ1) is 12.5. The summed E-state index contributed by atoms with van der Waals surface area (Å²) in [5, 5.41) is 3.79. The second-order valence-electron chi connectivity index (χ2n) is 5.94. The molecule has 1 aromatic rings. The first-order valence-corrected chi connectivity index (χ1v) is 6.98. The quantitative estimate of drug-likeness (QED) is 0.799. The molecule has 1 atom stereocenters. The average Bonchev–Trinajstić information content (AvgIpc) is 2.32. The van der Waals surface area contributed by atoms with Gasteiger partial charge in [-0.15, -0.1) is 0 Å². The predicted molar refractivity (Wildman–Crippen MR) is 75.5 cm³/mol. The smallest absolute Gasteiger partial charge is 0.0374 e. The lowest BCUT2D eigenvalue weighted by Crippen LogP contribution is -2.39. The fraction of sp³-hybridized carbons (Fsp3) is 0.625. The molecule has 1 fully saturated rings. The number of rotatable bonds is 3. The van der Waals surface area contributed by atoms with E-state index in [1.807, 2.05) is 0 Å². The Kier molecular flexibility index (Phi) is 3.76. The Hall–Kier alpha value is -0.980. The van der Waals surface area contributed by atoms with Gasteiger partial charge in [-0.25, -0.2) is 0 Å². The van der Waals surface area contributed by atoms with Crippen molar-refractivity contribution in [3.63, 3.8) is 0 Å². The molecule has 1 aromatic carbocycles. The number of benzene rings is 1. The molecule has 0 amide bonds. The normalized spacial score (nSPS) is 23.4. The van der Waals surface area contributed by atoms with Gasteiger partial charge < -0.3 is 5.32 Å². The molecule has 1 unspecified atom stereocenters. The summed E-state index contributed by atoms with van der Waals surface area (Å²) in [6, 6.07) is 9.36. The highest BCUT2D eigenvalue weighted by atomic mass is 14.9. The zero-order valence-electron chi connectivity index (χ0n) is 11.4. The summed E-state index contributed by atoms with van der Waals surface area (Å²) in [6.45, 7) is 7.03. The molecule has 2 rings (SSSR count). The summed E-state index contributed by atoms with van der Waals surface area (Å²) >= 11 is 0. The van der Waals surface area contributed by atoms with Gasteiger partial charge in [0.25, 0.3) is 0 Å². The number of hydrogen-bond acceptors (Lipinski definition) is 1. The molecule has 0 spiro atoms. The van der Waals surface area contributed by atoms with Crippen LogP contribution >= 0.6 is 0 Å². The van der Waals surface area contributed by atoms with Crippen LogP contribution in [0.1, 0.15) is 52.0 Å². The Morgan fingerprint density at radius 2 is 2.00 bits per heavy atom. The van der Waals surface area contributed by atoms with Gasteiger partial charge in [0.2, 0.25) is 0 Å². The summed E-state index contributed by atoms with van der Waals surface area (Å²) in [4.78, 5) is 0. The van der Waals surface area contributed by atoms with Crippen LogP contribution in [0.15, 0.2) is 24.3 Å². The minimum atomic E-state index is 0.430. The lowest BCUT2D eigenvalue weighted by Gasteiger charge is -2.40. The fourth-order valence-electron chi connectivity index (χ4n) is 2.92. The summed E-state index contributed by atoms with van der Waals surface area (Å²) in [7, 11) is 0. The molecule has 0 saturated heterocycles. The van der Waals surface area contributed by atoms with Crippen molar-refractivity contribution < 1.29 is 0 Å². The molecule has 1 saturated carbocycles. The number of anilines is 1. The highest BCUT2D eigenvalue weighted by molar-refractivity contribution is 5.52. The number of aryl methyl sites for hydroxylation is 1. The van der Waals surface area contributed by atoms with E-state index in [1.165, 1.54) is 36.9 Å². The molecule has 1 nitrogen and oxygen atoms in total. The van der Waals surface area contributed by atoms with Crippen LogP contribution < -0.4 is 5.32 Å². The second kappa shape index (κ2) is 5.12. The van der Waals surface area contributed by atoms with Gasteiger partial charge in [0, 0.05) is 11.7 Å². The van der Waals surface area contributed by atoms with Crippen molar-refractivity contribution >= 4 is 5.69 Å². The lowest BCUT2D eigenvalue weighted by atomic mass is 9.73. The van der Waals surface area contributed by atoms with Gasteiger partial charge in [0.05, 0.1) is 0 Å². The van der Waals surface area contributed by atoms with Crippen LogP contribution in [-0.2, 0) is 6.42 Å². The minimum Gasteiger partial charge on any atom is -0.382 e. The van der Waals surface area contributed by atoms with Gasteiger partial charge in [-0.3, -0.25) is 0 Å². The van der Waals surface area contributed by atoms with Crippen molar-refractivity contribution in [1.82, 2.24) is 0 Å². The number of para-hydroxylation sites is 1. The number of nitrogens with one attached hydrogen (secondary N) is 1. The summed E-state index contributed by atoms with van der Waals surface area (Å²) in [5.74, 6) is 0. The summed E-state index contributed by atoms with van der Waals surface area (Å²) in [6.07, 6.45) is 6.52. The van der Waals surface area contributed by atoms with Crippen molar-refractivity contribution in [2.75, 3.05) is 5.32 Å². The van der Waals surface area contributed by atoms with E-state index in [0.29, 0.717) is 11.5 Å². The van der Waals surface area contributed by atoms with Crippen molar-refractivity contribution in [2.45, 2.75) is 58.9 Å². The summed E-state index contributed by atoms with van der Waals surface area (Å²) < 4.78 is 0. The molecule has 0 heterocycles. The first-order valence-electron chi connectivity index (χ1n) is 6.98. The van der Waals surface area contributed by atoms with Crippen LogP contribution in [0.3, 0.4) is 0 Å². The van der Waals surface area contributed by atoms with Crippen molar-refractivity contribution in [1.29, 1.82) is 0 Å². The highest BCUT2D eigenvalue weighted by Crippen LogP contribution is 2.37. The van der Waals surface area contributed by atoms with E-state index in [4.69, 9.17) is 0 Å². The largest absolute Gasteiger partial charge is 0.382 e. The van der Waals surface area contributed by atoms with Crippen molar-refractivity contribution in [3.8, 4) is 0 Å². The minimum absolute atomic E-state index is 0.430. The van der Waals surface area contributed by atoms with E-state index in [1.54, 1.807) is 0 Å². The molecule has 0 bridgehead atoms. The Morgan fingerprint density at radius 3 is 2.71 bits per heavy atom. The van der Waals surface area contributed by atoms with Crippen LogP contribution in [0.25, 0.3) is 0 Å². The molecular formula is C16H25N. The van der Waals surface area contributed by atoms with Crippen LogP contribution in [0, 0.1) is 5.41 Å². The molecule has 0 aliphatic heterocycles. The van der Waals surface area contributed by atoms with E-state index < -0.39 is 0 Å². The maximum atomic E-state index is 3.79. The standard InChI is InChI=1S/C16H25N/c1-4-13-9-5-6-10-14(13)17-15-11-7-8-12-16(15,2)3/h5-6,9-10,15,17H,4,7-8,11-12H2,1-3H3. The molecule has 1 heteroatoms. The molecule has 0 aromatic heterocycles. The third-order valence-electron chi connectivity index (χ3n) is 4.24. The SMILES string of the molecule is CCc1ccccc1NC1CCCCC1(C)C. The Bertz CT molecular complexity index is 368. The van der Waals surface area contributed by atoms with Gasteiger partial charge in [-0.05, 0) is 36.3 Å². The lowest BCUT2D eigenvalue weighted by molar-refractivity contribution is 0.217. The van der Waals surface area contributed by atoms with Gasteiger partial charge in [-0.1, -0.05) is 51.8 Å². The summed E-state index contributed by atoms with van der Waals surface area (Å²) in [5.41, 5.74) is 3.21. The van der Waals surface area contributed by atoms with E-state index in [9.17, 15) is 0 Å². The topological polar surface area (TPSA) is 12.0 Å². The van der Waals surface area contributed by atoms with E-state index in [2.05, 4.69) is 50.4 Å². The van der Waals surface area contributed by atoms with Gasteiger partial charge in [0.1, 0.15) is 0 Å². The van der Waals surface area contributed by atoms with Crippen LogP contribution in [-0.4, -0.2) is 6.04 Å². The highest BCUT2D eigenvalue weighted by Gasteiger charge is 2.32. The molecule has 1 aliphatic carbocycles. The monoisotopic (exact) mass is 231 g/mol. The van der Waals surface area contributed by atoms with Crippen LogP contribution in [0.4, 0.5) is 5.69 Å². The average molecular weight is 231 g/mol. The predicted octanol–water partition coefficient (Wildman–Crippen LogP) is 4.63. The third kappa shape index (κ3) is 2.83. The molecule has 1 N–H and O–H groups in total. The fourth-order valence-corrected chi connectivity index (χ4v) is 2.92. The Labute approximate surface area is 106 Å². The molecular weight excluding hydrogens is 206 g/mol. The second-order valence-corrected chi connectivity index (χ2v) is 5.94. The third-order valence-corrected chi connectivity index (χ3v) is 4.24. The van der Waals surface area contributed by atoms with Gasteiger partial charge >= 0.3 is 0 Å². The number of hydrogen-bond donors (Lipinski definition) is 1. The molecule has 1 aliphatic rings. The van der Waals surface area contributed by atoms with Gasteiger partial charge in [0.15, 0.2) is 0 Å². The zero-order valence-corrected chi connectivity index (χ0v) is 11.4. The van der Waals surface area contributed by atoms with Crippen molar-refractivity contribution in [2.24, 2.45) is 5.41 Å². The van der Waals surface area contributed by atoms with E-state index >= 15 is 0 Å². The van der Waals surface area contributed by atoms with Gasteiger partial charge in [-0.2, -0.15) is 0 Å².